The Labute approximate surface area is 290 Å². The smallest absolute Gasteiger partial charge is 0.0541 e. The summed E-state index contributed by atoms with van der Waals surface area (Å²) in [6, 6.07) is 70.4. The van der Waals surface area contributed by atoms with E-state index in [0.29, 0.717) is 0 Å². The van der Waals surface area contributed by atoms with E-state index < -0.39 is 0 Å². The van der Waals surface area contributed by atoms with Crippen molar-refractivity contribution >= 4 is 71.2 Å². The molecule has 0 N–H and O–H groups in total. The maximum Gasteiger partial charge on any atom is 0.0541 e. The summed E-state index contributed by atoms with van der Waals surface area (Å²) in [6.45, 7) is 0. The number of hydrogen-bond donors (Lipinski definition) is 0. The zero-order valence-corrected chi connectivity index (χ0v) is 27.4. The lowest BCUT2D eigenvalue weighted by Crippen LogP contribution is -2.10. The molecule has 50 heavy (non-hydrogen) atoms. The summed E-state index contributed by atoms with van der Waals surface area (Å²) < 4.78 is 2.38. The Morgan fingerprint density at radius 2 is 0.900 bits per heavy atom. The molecule has 0 bridgehead atoms. The number of fused-ring (bicyclic) bond motifs is 8. The van der Waals surface area contributed by atoms with Gasteiger partial charge in [0.05, 0.1) is 11.0 Å². The first-order valence-corrected chi connectivity index (χ1v) is 17.2. The van der Waals surface area contributed by atoms with Crippen LogP contribution in [0.2, 0.25) is 0 Å². The Bertz CT molecular complexity index is 2790. The summed E-state index contributed by atoms with van der Waals surface area (Å²) in [7, 11) is 0. The van der Waals surface area contributed by atoms with Gasteiger partial charge in [0.2, 0.25) is 0 Å². The van der Waals surface area contributed by atoms with Crippen molar-refractivity contribution in [3.63, 3.8) is 0 Å². The summed E-state index contributed by atoms with van der Waals surface area (Å²) in [5.41, 5.74) is 9.31. The van der Waals surface area contributed by atoms with Crippen molar-refractivity contribution in [1.82, 2.24) is 4.57 Å². The first-order valence-electron chi connectivity index (χ1n) is 17.2. The molecule has 234 valence electrons. The standard InChI is InChI=1S/C48H32N2/c1-2-15-36(16-3-1)49(38-17-12-18-39(32-38)50-46-23-10-8-21-42(46)43-22-9-11-24-47(43)50)37-28-25-34(26-29-37)45-31-35-14-5-7-20-41(35)48-40-19-6-4-13-33(40)27-30-44(45)48/h1-32H. The van der Waals surface area contributed by atoms with E-state index in [4.69, 9.17) is 0 Å². The highest BCUT2D eigenvalue weighted by molar-refractivity contribution is 6.24. The average molecular weight is 637 g/mol. The third-order valence-corrected chi connectivity index (χ3v) is 10.1. The van der Waals surface area contributed by atoms with Gasteiger partial charge in [-0.05, 0) is 104 Å². The molecule has 0 saturated carbocycles. The van der Waals surface area contributed by atoms with E-state index in [2.05, 4.69) is 204 Å². The van der Waals surface area contributed by atoms with E-state index in [1.807, 2.05) is 0 Å². The van der Waals surface area contributed by atoms with Crippen LogP contribution in [0, 0.1) is 0 Å². The molecule has 0 radical (unpaired) electrons. The fraction of sp³-hybridized carbons (Fsp3) is 0. The first-order chi connectivity index (χ1) is 24.8. The number of nitrogens with zero attached hydrogens (tertiary/aromatic N) is 2. The van der Waals surface area contributed by atoms with E-state index in [1.165, 1.54) is 65.3 Å². The molecule has 0 fully saturated rings. The molecule has 1 heterocycles. The summed E-state index contributed by atoms with van der Waals surface area (Å²) in [5.74, 6) is 0. The van der Waals surface area contributed by atoms with Crippen LogP contribution in [-0.2, 0) is 0 Å². The molecule has 1 aromatic heterocycles. The van der Waals surface area contributed by atoms with Crippen molar-refractivity contribution in [2.24, 2.45) is 0 Å². The van der Waals surface area contributed by atoms with Crippen molar-refractivity contribution in [1.29, 1.82) is 0 Å². The van der Waals surface area contributed by atoms with Gasteiger partial charge in [-0.15, -0.1) is 0 Å². The van der Waals surface area contributed by atoms with Crippen LogP contribution in [0.3, 0.4) is 0 Å². The zero-order chi connectivity index (χ0) is 33.0. The van der Waals surface area contributed by atoms with Crippen molar-refractivity contribution in [3.05, 3.63) is 194 Å². The topological polar surface area (TPSA) is 8.17 Å². The monoisotopic (exact) mass is 636 g/mol. The number of benzene rings is 9. The molecule has 10 rings (SSSR count). The van der Waals surface area contributed by atoms with E-state index in [1.54, 1.807) is 0 Å². The van der Waals surface area contributed by atoms with Crippen LogP contribution in [0.25, 0.3) is 70.9 Å². The molecule has 2 heteroatoms. The summed E-state index contributed by atoms with van der Waals surface area (Å²) in [6.07, 6.45) is 0. The van der Waals surface area contributed by atoms with Crippen LogP contribution < -0.4 is 4.90 Å². The number of para-hydroxylation sites is 3. The maximum absolute atomic E-state index is 2.38. The lowest BCUT2D eigenvalue weighted by atomic mass is 9.90. The average Bonchev–Trinajstić information content (AvgIpc) is 3.53. The normalized spacial score (nSPS) is 11.6. The van der Waals surface area contributed by atoms with E-state index in [9.17, 15) is 0 Å². The van der Waals surface area contributed by atoms with Gasteiger partial charge in [0.1, 0.15) is 0 Å². The summed E-state index contributed by atoms with van der Waals surface area (Å²) in [4.78, 5) is 2.35. The van der Waals surface area contributed by atoms with Crippen molar-refractivity contribution in [2.45, 2.75) is 0 Å². The first kappa shape index (κ1) is 28.4. The van der Waals surface area contributed by atoms with Gasteiger partial charge in [-0.1, -0.05) is 133 Å². The highest BCUT2D eigenvalue weighted by Crippen LogP contribution is 2.41. The molecule has 0 saturated heterocycles. The molecule has 2 nitrogen and oxygen atoms in total. The minimum absolute atomic E-state index is 1.10. The Morgan fingerprint density at radius 3 is 1.62 bits per heavy atom. The van der Waals surface area contributed by atoms with Gasteiger partial charge in [0, 0.05) is 33.5 Å². The van der Waals surface area contributed by atoms with E-state index in [0.717, 1.165) is 22.7 Å². The van der Waals surface area contributed by atoms with Gasteiger partial charge < -0.3 is 9.47 Å². The Balaban J connectivity index is 1.13. The van der Waals surface area contributed by atoms with Gasteiger partial charge in [-0.3, -0.25) is 0 Å². The van der Waals surface area contributed by atoms with Gasteiger partial charge in [-0.2, -0.15) is 0 Å². The Kier molecular flexibility index (Phi) is 6.53. The molecule has 0 amide bonds. The zero-order valence-electron chi connectivity index (χ0n) is 27.4. The van der Waals surface area contributed by atoms with Gasteiger partial charge in [-0.25, -0.2) is 0 Å². The largest absolute Gasteiger partial charge is 0.310 e. The molecule has 0 spiro atoms. The third-order valence-electron chi connectivity index (χ3n) is 10.1. The van der Waals surface area contributed by atoms with E-state index in [-0.39, 0.29) is 0 Å². The highest BCUT2D eigenvalue weighted by Gasteiger charge is 2.17. The predicted molar refractivity (Wildman–Crippen MR) is 213 cm³/mol. The quantitative estimate of drug-likeness (QED) is 0.171. The van der Waals surface area contributed by atoms with Crippen molar-refractivity contribution < 1.29 is 0 Å². The molecule has 0 atom stereocenters. The minimum Gasteiger partial charge on any atom is -0.310 e. The minimum atomic E-state index is 1.10. The lowest BCUT2D eigenvalue weighted by molar-refractivity contribution is 1.17. The maximum atomic E-state index is 2.38. The van der Waals surface area contributed by atoms with Crippen LogP contribution >= 0.6 is 0 Å². The SMILES string of the molecule is c1ccc(N(c2ccc(-c3cc4ccccc4c4c3ccc3ccccc34)cc2)c2cccc(-n3c4ccccc4c4ccccc43)c2)cc1. The van der Waals surface area contributed by atoms with E-state index >= 15 is 0 Å². The van der Waals surface area contributed by atoms with Crippen LogP contribution in [0.1, 0.15) is 0 Å². The third kappa shape index (κ3) is 4.50. The molecule has 0 aliphatic heterocycles. The number of hydrogen-bond acceptors (Lipinski definition) is 1. The molecule has 9 aromatic carbocycles. The predicted octanol–water partition coefficient (Wildman–Crippen LogP) is 13.4. The molecule has 0 unspecified atom stereocenters. The summed E-state index contributed by atoms with van der Waals surface area (Å²) >= 11 is 0. The van der Waals surface area contributed by atoms with Crippen LogP contribution in [0.15, 0.2) is 194 Å². The van der Waals surface area contributed by atoms with Crippen LogP contribution in [-0.4, -0.2) is 4.57 Å². The fourth-order valence-electron chi connectivity index (χ4n) is 7.90. The van der Waals surface area contributed by atoms with Gasteiger partial charge >= 0.3 is 0 Å². The second-order valence-corrected chi connectivity index (χ2v) is 13.0. The highest BCUT2D eigenvalue weighted by atomic mass is 15.1. The number of aromatic nitrogens is 1. The Morgan fingerprint density at radius 1 is 0.340 bits per heavy atom. The molecule has 0 aliphatic carbocycles. The van der Waals surface area contributed by atoms with Crippen molar-refractivity contribution in [3.8, 4) is 16.8 Å². The van der Waals surface area contributed by atoms with Crippen molar-refractivity contribution in [2.75, 3.05) is 4.90 Å². The second kappa shape index (κ2) is 11.5. The van der Waals surface area contributed by atoms with Crippen LogP contribution in [0.4, 0.5) is 17.1 Å². The second-order valence-electron chi connectivity index (χ2n) is 13.0. The summed E-state index contributed by atoms with van der Waals surface area (Å²) in [5, 5.41) is 10.2. The lowest BCUT2D eigenvalue weighted by Gasteiger charge is -2.26. The number of anilines is 3. The fourth-order valence-corrected chi connectivity index (χ4v) is 7.90. The van der Waals surface area contributed by atoms with Gasteiger partial charge in [0.15, 0.2) is 0 Å². The molecular weight excluding hydrogens is 605 g/mol. The molecule has 10 aromatic rings. The van der Waals surface area contributed by atoms with Gasteiger partial charge in [0.25, 0.3) is 0 Å². The molecular formula is C48H32N2. The Hall–Kier alpha value is -6.64. The molecule has 0 aliphatic rings. The van der Waals surface area contributed by atoms with Crippen LogP contribution in [0.5, 0.6) is 0 Å². The number of rotatable bonds is 5.